The third-order valence-corrected chi connectivity index (χ3v) is 4.36. The molecule has 0 aliphatic rings. The molecule has 21 heavy (non-hydrogen) atoms. The fourth-order valence-electron chi connectivity index (χ4n) is 2.12. The minimum absolute atomic E-state index is 0.140. The predicted molar refractivity (Wildman–Crippen MR) is 82.9 cm³/mol. The van der Waals surface area contributed by atoms with Crippen LogP contribution in [0.25, 0.3) is 0 Å². The molecule has 0 aliphatic carbocycles. The highest BCUT2D eigenvalue weighted by Crippen LogP contribution is 2.21. The molecule has 1 N–H and O–H groups in total. The van der Waals surface area contributed by atoms with E-state index in [1.807, 2.05) is 12.1 Å². The van der Waals surface area contributed by atoms with E-state index >= 15 is 0 Å². The van der Waals surface area contributed by atoms with Crippen LogP contribution in [0.4, 0.5) is 0 Å². The average Bonchev–Trinajstić information content (AvgIpc) is 2.96. The van der Waals surface area contributed by atoms with Gasteiger partial charge < -0.3 is 10.0 Å². The molecule has 1 atom stereocenters. The molecule has 2 heterocycles. The number of aromatic nitrogens is 2. The molecule has 2 aromatic rings. The van der Waals surface area contributed by atoms with Crippen LogP contribution in [0.15, 0.2) is 29.9 Å². The first-order chi connectivity index (χ1) is 10.1. The molecule has 0 amide bonds. The first-order valence-electron chi connectivity index (χ1n) is 6.82. The lowest BCUT2D eigenvalue weighted by atomic mass is 10.1. The summed E-state index contributed by atoms with van der Waals surface area (Å²) in [6.07, 6.45) is 4.59. The van der Waals surface area contributed by atoms with Crippen molar-refractivity contribution in [3.63, 3.8) is 0 Å². The lowest BCUT2D eigenvalue weighted by Gasteiger charge is -2.20. The molecule has 5 nitrogen and oxygen atoms in total. The number of hydrogen-bond acceptors (Lipinski definition) is 5. The van der Waals surface area contributed by atoms with Gasteiger partial charge in [0, 0.05) is 36.8 Å². The van der Waals surface area contributed by atoms with Crippen LogP contribution in [0.5, 0.6) is 0 Å². The minimum Gasteiger partial charge on any atom is -0.476 e. The number of likely N-dealkylation sites (N-methyl/N-ethyl adjacent to an activating group) is 1. The Morgan fingerprint density at radius 3 is 2.76 bits per heavy atom. The number of pyridine rings is 1. The fraction of sp³-hybridized carbons (Fsp3) is 0.400. The van der Waals surface area contributed by atoms with Crippen molar-refractivity contribution < 1.29 is 9.90 Å². The van der Waals surface area contributed by atoms with Gasteiger partial charge in [-0.05, 0) is 31.2 Å². The van der Waals surface area contributed by atoms with E-state index < -0.39 is 5.97 Å². The van der Waals surface area contributed by atoms with E-state index in [0.717, 1.165) is 24.5 Å². The molecule has 0 bridgehead atoms. The summed E-state index contributed by atoms with van der Waals surface area (Å²) in [5, 5.41) is 11.4. The Labute approximate surface area is 128 Å². The van der Waals surface area contributed by atoms with Crippen molar-refractivity contribution in [2.45, 2.75) is 19.3 Å². The second-order valence-electron chi connectivity index (χ2n) is 5.14. The lowest BCUT2D eigenvalue weighted by molar-refractivity contribution is 0.0691. The van der Waals surface area contributed by atoms with Gasteiger partial charge in [-0.1, -0.05) is 6.92 Å². The van der Waals surface area contributed by atoms with Crippen molar-refractivity contribution in [1.82, 2.24) is 14.9 Å². The maximum Gasteiger partial charge on any atom is 0.355 e. The standard InChI is InChI=1S/C15H19N3O2S/c1-11(14-17-13(10-21-14)15(19)20)9-18(2)8-5-12-3-6-16-7-4-12/h3-4,6-7,10-11H,5,8-9H2,1-2H3,(H,19,20). The quantitative estimate of drug-likeness (QED) is 0.851. The van der Waals surface area contributed by atoms with Gasteiger partial charge in [-0.2, -0.15) is 0 Å². The first-order valence-corrected chi connectivity index (χ1v) is 7.70. The van der Waals surface area contributed by atoms with E-state index in [2.05, 4.69) is 28.8 Å². The van der Waals surface area contributed by atoms with Gasteiger partial charge in [-0.3, -0.25) is 4.98 Å². The van der Waals surface area contributed by atoms with Crippen LogP contribution < -0.4 is 0 Å². The molecule has 0 aromatic carbocycles. The van der Waals surface area contributed by atoms with Gasteiger partial charge in [0.2, 0.25) is 0 Å². The third-order valence-electron chi connectivity index (χ3n) is 3.28. The minimum atomic E-state index is -0.962. The molecule has 112 valence electrons. The largest absolute Gasteiger partial charge is 0.476 e. The Kier molecular flexibility index (Phi) is 5.41. The van der Waals surface area contributed by atoms with Crippen LogP contribution in [0, 0.1) is 0 Å². The number of carboxylic acids is 1. The molecule has 1 unspecified atom stereocenters. The summed E-state index contributed by atoms with van der Waals surface area (Å²) in [4.78, 5) is 21.3. The van der Waals surface area contributed by atoms with Crippen molar-refractivity contribution in [1.29, 1.82) is 0 Å². The van der Waals surface area contributed by atoms with Gasteiger partial charge in [0.05, 0.1) is 5.01 Å². The Morgan fingerprint density at radius 2 is 2.14 bits per heavy atom. The molecule has 0 radical (unpaired) electrons. The maximum atomic E-state index is 10.8. The smallest absolute Gasteiger partial charge is 0.355 e. The number of carbonyl (C=O) groups is 1. The van der Waals surface area contributed by atoms with E-state index in [1.165, 1.54) is 16.9 Å². The molecular formula is C15H19N3O2S. The monoisotopic (exact) mass is 305 g/mol. The summed E-state index contributed by atoms with van der Waals surface area (Å²) >= 11 is 1.42. The number of thiazole rings is 1. The summed E-state index contributed by atoms with van der Waals surface area (Å²) in [6, 6.07) is 4.05. The Bertz CT molecular complexity index is 586. The van der Waals surface area contributed by atoms with E-state index in [-0.39, 0.29) is 11.6 Å². The predicted octanol–water partition coefficient (Wildman–Crippen LogP) is 2.51. The first kappa shape index (κ1) is 15.6. The van der Waals surface area contributed by atoms with Crippen LogP contribution in [0.3, 0.4) is 0 Å². The van der Waals surface area contributed by atoms with Crippen molar-refractivity contribution in [3.05, 3.63) is 46.2 Å². The molecule has 0 saturated carbocycles. The second-order valence-corrected chi connectivity index (χ2v) is 6.03. The highest BCUT2D eigenvalue weighted by Gasteiger charge is 2.15. The fourth-order valence-corrected chi connectivity index (χ4v) is 2.96. The van der Waals surface area contributed by atoms with Crippen molar-refractivity contribution >= 4 is 17.3 Å². The van der Waals surface area contributed by atoms with Gasteiger partial charge >= 0.3 is 5.97 Å². The van der Waals surface area contributed by atoms with Crippen LogP contribution in [0.1, 0.15) is 33.9 Å². The highest BCUT2D eigenvalue weighted by atomic mass is 32.1. The molecule has 0 aliphatic heterocycles. The van der Waals surface area contributed by atoms with Gasteiger partial charge in [0.15, 0.2) is 5.69 Å². The van der Waals surface area contributed by atoms with E-state index in [9.17, 15) is 4.79 Å². The lowest BCUT2D eigenvalue weighted by Crippen LogP contribution is -2.25. The van der Waals surface area contributed by atoms with Gasteiger partial charge in [0.25, 0.3) is 0 Å². The molecule has 6 heteroatoms. The SMILES string of the molecule is CC(CN(C)CCc1ccncc1)c1nc(C(=O)O)cs1. The van der Waals surface area contributed by atoms with Crippen LogP contribution >= 0.6 is 11.3 Å². The Hall–Kier alpha value is -1.79. The topological polar surface area (TPSA) is 66.3 Å². The second kappa shape index (κ2) is 7.28. The summed E-state index contributed by atoms with van der Waals surface area (Å²) in [5.41, 5.74) is 1.41. The van der Waals surface area contributed by atoms with Crippen molar-refractivity contribution in [2.75, 3.05) is 20.1 Å². The maximum absolute atomic E-state index is 10.8. The number of carboxylic acid groups (broad SMARTS) is 1. The molecular weight excluding hydrogens is 286 g/mol. The summed E-state index contributed by atoms with van der Waals surface area (Å²) in [6.45, 7) is 3.89. The number of rotatable bonds is 7. The van der Waals surface area contributed by atoms with Gasteiger partial charge in [-0.25, -0.2) is 9.78 Å². The number of aromatic carboxylic acids is 1. The summed E-state index contributed by atoms with van der Waals surface area (Å²) < 4.78 is 0. The molecule has 0 fully saturated rings. The summed E-state index contributed by atoms with van der Waals surface area (Å²) in [5.74, 6) is -0.735. The molecule has 2 rings (SSSR count). The average molecular weight is 305 g/mol. The van der Waals surface area contributed by atoms with Crippen molar-refractivity contribution in [2.24, 2.45) is 0 Å². The van der Waals surface area contributed by atoms with Gasteiger partial charge in [-0.15, -0.1) is 11.3 Å². The zero-order valence-electron chi connectivity index (χ0n) is 12.2. The van der Waals surface area contributed by atoms with Crippen LogP contribution in [-0.2, 0) is 6.42 Å². The highest BCUT2D eigenvalue weighted by molar-refractivity contribution is 7.09. The normalized spacial score (nSPS) is 12.5. The van der Waals surface area contributed by atoms with Crippen molar-refractivity contribution in [3.8, 4) is 0 Å². The summed E-state index contributed by atoms with van der Waals surface area (Å²) in [7, 11) is 2.07. The number of nitrogens with zero attached hydrogens (tertiary/aromatic N) is 3. The Balaban J connectivity index is 1.83. The van der Waals surface area contributed by atoms with E-state index in [1.54, 1.807) is 17.8 Å². The van der Waals surface area contributed by atoms with E-state index in [0.29, 0.717) is 0 Å². The molecule has 2 aromatic heterocycles. The van der Waals surface area contributed by atoms with Gasteiger partial charge in [0.1, 0.15) is 0 Å². The molecule has 0 saturated heterocycles. The zero-order chi connectivity index (χ0) is 15.2. The van der Waals surface area contributed by atoms with Crippen LogP contribution in [0.2, 0.25) is 0 Å². The third kappa shape index (κ3) is 4.61. The zero-order valence-corrected chi connectivity index (χ0v) is 13.0. The van der Waals surface area contributed by atoms with Crippen LogP contribution in [-0.4, -0.2) is 46.1 Å². The van der Waals surface area contributed by atoms with E-state index in [4.69, 9.17) is 5.11 Å². The number of hydrogen-bond donors (Lipinski definition) is 1. The molecule has 0 spiro atoms. The Morgan fingerprint density at radius 1 is 1.43 bits per heavy atom.